The monoisotopic (exact) mass is 309 g/mol. The minimum atomic E-state index is 0.0293. The number of aliphatic hydroxyl groups is 1. The van der Waals surface area contributed by atoms with Crippen molar-refractivity contribution in [2.75, 3.05) is 23.4 Å². The Morgan fingerprint density at radius 1 is 1.55 bits per heavy atom. The van der Waals surface area contributed by atoms with Crippen molar-refractivity contribution in [3.63, 3.8) is 0 Å². The molecule has 1 amide bonds. The molecule has 106 valence electrons. The van der Waals surface area contributed by atoms with Gasteiger partial charge < -0.3 is 10.4 Å². The van der Waals surface area contributed by atoms with Crippen molar-refractivity contribution in [2.24, 2.45) is 5.92 Å². The van der Waals surface area contributed by atoms with Crippen molar-refractivity contribution in [3.8, 4) is 11.8 Å². The maximum absolute atomic E-state index is 12.2. The number of hydrogen-bond acceptors (Lipinski definition) is 3. The van der Waals surface area contributed by atoms with Crippen LogP contribution in [0.1, 0.15) is 18.4 Å². The van der Waals surface area contributed by atoms with E-state index in [4.69, 9.17) is 16.7 Å². The highest BCUT2D eigenvalue weighted by Crippen LogP contribution is 2.26. The summed E-state index contributed by atoms with van der Waals surface area (Å²) in [6, 6.07) is 5.24. The lowest BCUT2D eigenvalue weighted by molar-refractivity contribution is -0.119. The Balaban J connectivity index is 2.14. The molecule has 2 N–H and O–H groups in total. The Morgan fingerprint density at radius 3 is 3.10 bits per heavy atom. The van der Waals surface area contributed by atoms with Crippen molar-refractivity contribution in [1.82, 2.24) is 0 Å². The second-order valence-corrected chi connectivity index (χ2v) is 6.10. The van der Waals surface area contributed by atoms with Gasteiger partial charge in [-0.25, -0.2) is 0 Å². The summed E-state index contributed by atoms with van der Waals surface area (Å²) >= 11 is 7.78. The number of benzene rings is 1. The van der Waals surface area contributed by atoms with Gasteiger partial charge in [-0.3, -0.25) is 4.79 Å². The van der Waals surface area contributed by atoms with E-state index in [1.807, 2.05) is 0 Å². The maximum Gasteiger partial charge on any atom is 0.228 e. The first-order chi connectivity index (χ1) is 9.70. The van der Waals surface area contributed by atoms with Crippen LogP contribution >= 0.6 is 23.4 Å². The lowest BCUT2D eigenvalue weighted by Gasteiger charge is -2.11. The number of aliphatic hydroxyl groups excluding tert-OH is 1. The zero-order valence-corrected chi connectivity index (χ0v) is 12.6. The third-order valence-corrected chi connectivity index (χ3v) is 4.40. The van der Waals surface area contributed by atoms with E-state index in [-0.39, 0.29) is 18.4 Å². The Kier molecular flexibility index (Phi) is 5.78. The molecule has 1 aromatic rings. The number of carbonyl (C=O) groups is 1. The molecule has 0 bridgehead atoms. The van der Waals surface area contributed by atoms with E-state index >= 15 is 0 Å². The fourth-order valence-electron chi connectivity index (χ4n) is 1.92. The molecule has 0 aromatic heterocycles. The van der Waals surface area contributed by atoms with Gasteiger partial charge in [-0.1, -0.05) is 23.4 Å². The first-order valence-corrected chi connectivity index (χ1v) is 8.02. The molecule has 5 heteroatoms. The Morgan fingerprint density at radius 2 is 2.40 bits per heavy atom. The van der Waals surface area contributed by atoms with Crippen LogP contribution in [0.5, 0.6) is 0 Å². The second-order valence-electron chi connectivity index (χ2n) is 4.52. The lowest BCUT2D eigenvalue weighted by Crippen LogP contribution is -2.22. The fraction of sp³-hybridized carbons (Fsp3) is 0.400. The lowest BCUT2D eigenvalue weighted by atomic mass is 10.1. The molecular formula is C15H16ClNO2S. The highest BCUT2D eigenvalue weighted by Gasteiger charge is 2.23. The van der Waals surface area contributed by atoms with Crippen LogP contribution in [0.25, 0.3) is 0 Å². The standard InChI is InChI=1S/C15H16ClNO2S/c16-13-5-4-11(3-1-2-7-18)14(9-13)17-15(19)12-6-8-20-10-12/h4-5,9,12,18H,2,6-8,10H2,(H,17,19). The summed E-state index contributed by atoms with van der Waals surface area (Å²) in [6.07, 6.45) is 1.33. The summed E-state index contributed by atoms with van der Waals surface area (Å²) in [5.41, 5.74) is 1.37. The van der Waals surface area contributed by atoms with Gasteiger partial charge in [0.2, 0.25) is 5.91 Å². The topological polar surface area (TPSA) is 49.3 Å². The molecule has 2 rings (SSSR count). The molecule has 1 aliphatic heterocycles. The number of halogens is 1. The SMILES string of the molecule is O=C(Nc1cc(Cl)ccc1C#CCCO)C1CCSC1. The summed E-state index contributed by atoms with van der Waals surface area (Å²) in [6.45, 7) is 0.0293. The predicted molar refractivity (Wildman–Crippen MR) is 84.1 cm³/mol. The van der Waals surface area contributed by atoms with Crippen LogP contribution in [0.15, 0.2) is 18.2 Å². The molecule has 20 heavy (non-hydrogen) atoms. The molecule has 0 saturated carbocycles. The molecule has 0 radical (unpaired) electrons. The molecular weight excluding hydrogens is 294 g/mol. The summed E-state index contributed by atoms with van der Waals surface area (Å²) < 4.78 is 0. The third-order valence-electron chi connectivity index (χ3n) is 3.00. The van der Waals surface area contributed by atoms with Gasteiger partial charge in [-0.05, 0) is 30.4 Å². The van der Waals surface area contributed by atoms with Crippen LogP contribution in [0, 0.1) is 17.8 Å². The summed E-state index contributed by atoms with van der Waals surface area (Å²) in [5.74, 6) is 7.81. The number of amides is 1. The Labute approximate surface area is 128 Å². The van der Waals surface area contributed by atoms with Crippen molar-refractivity contribution in [3.05, 3.63) is 28.8 Å². The molecule has 0 spiro atoms. The first-order valence-electron chi connectivity index (χ1n) is 6.48. The molecule has 1 atom stereocenters. The number of carbonyl (C=O) groups excluding carboxylic acids is 1. The van der Waals surface area contributed by atoms with Crippen LogP contribution in [-0.2, 0) is 4.79 Å². The van der Waals surface area contributed by atoms with E-state index in [0.29, 0.717) is 17.1 Å². The van der Waals surface area contributed by atoms with Gasteiger partial charge in [0.15, 0.2) is 0 Å². The minimum Gasteiger partial charge on any atom is -0.395 e. The van der Waals surface area contributed by atoms with E-state index in [1.165, 1.54) is 0 Å². The predicted octanol–water partition coefficient (Wildman–Crippen LogP) is 2.77. The maximum atomic E-state index is 12.2. The molecule has 1 unspecified atom stereocenters. The quantitative estimate of drug-likeness (QED) is 0.844. The first kappa shape index (κ1) is 15.2. The zero-order valence-electron chi connectivity index (χ0n) is 11.0. The van der Waals surface area contributed by atoms with Crippen LogP contribution in [0.2, 0.25) is 5.02 Å². The Bertz CT molecular complexity index is 545. The van der Waals surface area contributed by atoms with Crippen LogP contribution in [-0.4, -0.2) is 29.1 Å². The second kappa shape index (κ2) is 7.58. The molecule has 1 saturated heterocycles. The summed E-state index contributed by atoms with van der Waals surface area (Å²) in [4.78, 5) is 12.2. The van der Waals surface area contributed by atoms with Gasteiger partial charge in [0.1, 0.15) is 0 Å². The van der Waals surface area contributed by atoms with Crippen LogP contribution in [0.4, 0.5) is 5.69 Å². The summed E-state index contributed by atoms with van der Waals surface area (Å²) in [7, 11) is 0. The van der Waals surface area contributed by atoms with Crippen LogP contribution < -0.4 is 5.32 Å². The molecule has 1 aromatic carbocycles. The number of hydrogen-bond donors (Lipinski definition) is 2. The van der Waals surface area contributed by atoms with E-state index in [1.54, 1.807) is 30.0 Å². The van der Waals surface area contributed by atoms with Crippen molar-refractivity contribution < 1.29 is 9.90 Å². The average Bonchev–Trinajstić information content (AvgIpc) is 2.95. The van der Waals surface area contributed by atoms with E-state index < -0.39 is 0 Å². The van der Waals surface area contributed by atoms with E-state index in [0.717, 1.165) is 23.5 Å². The number of anilines is 1. The molecule has 1 heterocycles. The average molecular weight is 310 g/mol. The smallest absolute Gasteiger partial charge is 0.228 e. The molecule has 1 aliphatic rings. The normalized spacial score (nSPS) is 17.4. The van der Waals surface area contributed by atoms with E-state index in [9.17, 15) is 4.79 Å². The Hall–Kier alpha value is -1.15. The molecule has 3 nitrogen and oxygen atoms in total. The number of rotatable bonds is 3. The third kappa shape index (κ3) is 4.17. The van der Waals surface area contributed by atoms with Crippen LogP contribution in [0.3, 0.4) is 0 Å². The van der Waals surface area contributed by atoms with Crippen molar-refractivity contribution >= 4 is 35.0 Å². The van der Waals surface area contributed by atoms with Crippen molar-refractivity contribution in [1.29, 1.82) is 0 Å². The minimum absolute atomic E-state index is 0.0293. The number of thioether (sulfide) groups is 1. The van der Waals surface area contributed by atoms with Gasteiger partial charge in [0.05, 0.1) is 12.3 Å². The van der Waals surface area contributed by atoms with Gasteiger partial charge in [-0.2, -0.15) is 11.8 Å². The van der Waals surface area contributed by atoms with Gasteiger partial charge in [0, 0.05) is 28.7 Å². The van der Waals surface area contributed by atoms with Crippen molar-refractivity contribution in [2.45, 2.75) is 12.8 Å². The summed E-state index contributed by atoms with van der Waals surface area (Å²) in [5, 5.41) is 12.2. The number of nitrogens with one attached hydrogen (secondary N) is 1. The fourth-order valence-corrected chi connectivity index (χ4v) is 3.31. The zero-order chi connectivity index (χ0) is 14.4. The largest absolute Gasteiger partial charge is 0.395 e. The highest BCUT2D eigenvalue weighted by molar-refractivity contribution is 7.99. The molecule has 0 aliphatic carbocycles. The highest BCUT2D eigenvalue weighted by atomic mass is 35.5. The molecule has 1 fully saturated rings. The van der Waals surface area contributed by atoms with Gasteiger partial charge in [-0.15, -0.1) is 0 Å². The van der Waals surface area contributed by atoms with Gasteiger partial charge >= 0.3 is 0 Å². The van der Waals surface area contributed by atoms with E-state index in [2.05, 4.69) is 17.2 Å². The van der Waals surface area contributed by atoms with Gasteiger partial charge in [0.25, 0.3) is 0 Å².